The molecule has 1 aliphatic carbocycles. The Labute approximate surface area is 77.1 Å². The van der Waals surface area contributed by atoms with Crippen LogP contribution in [0.1, 0.15) is 40.5 Å². The molecule has 0 nitrogen and oxygen atoms in total. The van der Waals surface area contributed by atoms with Crippen LogP contribution >= 0.6 is 0 Å². The first-order valence-electron chi connectivity index (χ1n) is 5.28. The van der Waals surface area contributed by atoms with Crippen LogP contribution in [0.5, 0.6) is 0 Å². The van der Waals surface area contributed by atoms with Crippen molar-refractivity contribution < 1.29 is 0 Å². The van der Waals surface area contributed by atoms with Crippen LogP contribution in [0.2, 0.25) is 0 Å². The summed E-state index contributed by atoms with van der Waals surface area (Å²) >= 11 is 0. The maximum atomic E-state index is 2.41. The monoisotopic (exact) mass is 166 g/mol. The van der Waals surface area contributed by atoms with Gasteiger partial charge < -0.3 is 0 Å². The van der Waals surface area contributed by atoms with E-state index in [1.165, 1.54) is 12.8 Å². The molecule has 0 N–H and O–H groups in total. The van der Waals surface area contributed by atoms with Gasteiger partial charge in [0.05, 0.1) is 0 Å². The number of hydrogen-bond acceptors (Lipinski definition) is 0. The molecule has 0 radical (unpaired) electrons. The summed E-state index contributed by atoms with van der Waals surface area (Å²) in [7, 11) is 0. The Bertz CT molecular complexity index is 157. The van der Waals surface area contributed by atoms with E-state index in [1.54, 1.807) is 0 Å². The predicted molar refractivity (Wildman–Crippen MR) is 55.0 cm³/mol. The van der Waals surface area contributed by atoms with Gasteiger partial charge in [-0.25, -0.2) is 0 Å². The molecule has 1 saturated carbocycles. The molecular weight excluding hydrogens is 144 g/mol. The summed E-state index contributed by atoms with van der Waals surface area (Å²) in [4.78, 5) is 0. The Morgan fingerprint density at radius 1 is 1.25 bits per heavy atom. The van der Waals surface area contributed by atoms with Crippen molar-refractivity contribution in [3.05, 3.63) is 12.2 Å². The maximum Gasteiger partial charge on any atom is -0.0231 e. The third-order valence-corrected chi connectivity index (χ3v) is 3.35. The molecule has 0 aliphatic heterocycles. The summed E-state index contributed by atoms with van der Waals surface area (Å²) < 4.78 is 0. The van der Waals surface area contributed by atoms with Gasteiger partial charge in [0.1, 0.15) is 0 Å². The van der Waals surface area contributed by atoms with Crippen LogP contribution in [0.4, 0.5) is 0 Å². The second kappa shape index (κ2) is 4.11. The average molecular weight is 166 g/mol. The van der Waals surface area contributed by atoms with Gasteiger partial charge in [-0.3, -0.25) is 0 Å². The largest absolute Gasteiger partial charge is 0.0914 e. The van der Waals surface area contributed by atoms with Gasteiger partial charge in [0.15, 0.2) is 0 Å². The molecule has 0 heteroatoms. The number of hydrogen-bond donors (Lipinski definition) is 0. The standard InChI is InChI=1S/C12H22/c1-5-6-10(3)12-8-9(2)7-11(12)4/h5-6,9-12H,7-8H2,1-4H3. The van der Waals surface area contributed by atoms with E-state index in [9.17, 15) is 0 Å². The van der Waals surface area contributed by atoms with Crippen molar-refractivity contribution in [1.82, 2.24) is 0 Å². The van der Waals surface area contributed by atoms with Gasteiger partial charge in [-0.15, -0.1) is 0 Å². The number of rotatable bonds is 2. The number of allylic oxidation sites excluding steroid dienone is 2. The fourth-order valence-corrected chi connectivity index (χ4v) is 2.78. The van der Waals surface area contributed by atoms with E-state index in [4.69, 9.17) is 0 Å². The summed E-state index contributed by atoms with van der Waals surface area (Å²) in [6, 6.07) is 0. The van der Waals surface area contributed by atoms with Crippen LogP contribution in [0.3, 0.4) is 0 Å². The zero-order chi connectivity index (χ0) is 9.14. The van der Waals surface area contributed by atoms with Crippen molar-refractivity contribution >= 4 is 0 Å². The van der Waals surface area contributed by atoms with E-state index in [-0.39, 0.29) is 0 Å². The lowest BCUT2D eigenvalue weighted by Crippen LogP contribution is -2.12. The molecule has 0 saturated heterocycles. The Morgan fingerprint density at radius 2 is 1.92 bits per heavy atom. The van der Waals surface area contributed by atoms with Gasteiger partial charge in [0.2, 0.25) is 0 Å². The highest BCUT2D eigenvalue weighted by molar-refractivity contribution is 4.92. The quantitative estimate of drug-likeness (QED) is 0.546. The van der Waals surface area contributed by atoms with Crippen molar-refractivity contribution in [3.8, 4) is 0 Å². The predicted octanol–water partition coefficient (Wildman–Crippen LogP) is 3.88. The van der Waals surface area contributed by atoms with Gasteiger partial charge in [-0.05, 0) is 43.4 Å². The van der Waals surface area contributed by atoms with Gasteiger partial charge >= 0.3 is 0 Å². The minimum atomic E-state index is 0.787. The van der Waals surface area contributed by atoms with Crippen LogP contribution < -0.4 is 0 Å². The highest BCUT2D eigenvalue weighted by Crippen LogP contribution is 2.40. The molecule has 4 unspecified atom stereocenters. The molecule has 0 bridgehead atoms. The van der Waals surface area contributed by atoms with Crippen LogP contribution in [-0.4, -0.2) is 0 Å². The first-order valence-corrected chi connectivity index (χ1v) is 5.28. The van der Waals surface area contributed by atoms with Crippen LogP contribution in [-0.2, 0) is 0 Å². The topological polar surface area (TPSA) is 0 Å². The van der Waals surface area contributed by atoms with Crippen LogP contribution in [0, 0.1) is 23.7 Å². The summed E-state index contributed by atoms with van der Waals surface area (Å²) in [5, 5.41) is 0. The average Bonchev–Trinajstić information content (AvgIpc) is 2.30. The van der Waals surface area contributed by atoms with Crippen molar-refractivity contribution in [2.45, 2.75) is 40.5 Å². The third-order valence-electron chi connectivity index (χ3n) is 3.35. The van der Waals surface area contributed by atoms with E-state index in [1.807, 2.05) is 0 Å². The first-order chi connectivity index (χ1) is 5.65. The van der Waals surface area contributed by atoms with Crippen molar-refractivity contribution in [3.63, 3.8) is 0 Å². The third kappa shape index (κ3) is 2.12. The smallest absolute Gasteiger partial charge is 0.0231 e. The Hall–Kier alpha value is -0.260. The molecule has 0 spiro atoms. The molecule has 0 aromatic carbocycles. The van der Waals surface area contributed by atoms with E-state index >= 15 is 0 Å². The fourth-order valence-electron chi connectivity index (χ4n) is 2.78. The van der Waals surface area contributed by atoms with Gasteiger partial charge in [-0.1, -0.05) is 32.9 Å². The van der Waals surface area contributed by atoms with E-state index < -0.39 is 0 Å². The molecule has 0 amide bonds. The SMILES string of the molecule is CC=CC(C)C1CC(C)CC1C. The zero-order valence-electron chi connectivity index (χ0n) is 8.88. The van der Waals surface area contributed by atoms with Gasteiger partial charge in [0, 0.05) is 0 Å². The lowest BCUT2D eigenvalue weighted by atomic mass is 9.86. The van der Waals surface area contributed by atoms with E-state index in [0.29, 0.717) is 0 Å². The Kier molecular flexibility index (Phi) is 3.37. The molecule has 0 aromatic heterocycles. The van der Waals surface area contributed by atoms with Crippen LogP contribution in [0.15, 0.2) is 12.2 Å². The minimum absolute atomic E-state index is 0.787. The van der Waals surface area contributed by atoms with Gasteiger partial charge in [0.25, 0.3) is 0 Å². The summed E-state index contributed by atoms with van der Waals surface area (Å²) in [5.74, 6) is 3.62. The van der Waals surface area contributed by atoms with Gasteiger partial charge in [-0.2, -0.15) is 0 Å². The zero-order valence-corrected chi connectivity index (χ0v) is 8.88. The normalized spacial score (nSPS) is 39.2. The molecule has 0 heterocycles. The summed E-state index contributed by atoms with van der Waals surface area (Å²) in [6.07, 6.45) is 7.43. The van der Waals surface area contributed by atoms with Crippen molar-refractivity contribution in [2.24, 2.45) is 23.7 Å². The highest BCUT2D eigenvalue weighted by atomic mass is 14.4. The maximum absolute atomic E-state index is 2.41. The van der Waals surface area contributed by atoms with Crippen molar-refractivity contribution in [2.75, 3.05) is 0 Å². The van der Waals surface area contributed by atoms with E-state index in [2.05, 4.69) is 39.8 Å². The molecular formula is C12H22. The molecule has 1 rings (SSSR count). The Morgan fingerprint density at radius 3 is 2.33 bits per heavy atom. The van der Waals surface area contributed by atoms with Crippen molar-refractivity contribution in [1.29, 1.82) is 0 Å². The highest BCUT2D eigenvalue weighted by Gasteiger charge is 2.31. The molecule has 70 valence electrons. The first kappa shape index (κ1) is 9.83. The van der Waals surface area contributed by atoms with Crippen LogP contribution in [0.25, 0.3) is 0 Å². The van der Waals surface area contributed by atoms with E-state index in [0.717, 1.165) is 23.7 Å². The second-order valence-electron chi connectivity index (χ2n) is 4.60. The molecule has 1 fully saturated rings. The molecule has 0 aromatic rings. The second-order valence-corrected chi connectivity index (χ2v) is 4.60. The molecule has 4 atom stereocenters. The fraction of sp³-hybridized carbons (Fsp3) is 0.833. The lowest BCUT2D eigenvalue weighted by Gasteiger charge is -2.20. The lowest BCUT2D eigenvalue weighted by molar-refractivity contribution is 0.339. The Balaban J connectivity index is 2.51. The summed E-state index contributed by atoms with van der Waals surface area (Å²) in [5.41, 5.74) is 0. The summed E-state index contributed by atoms with van der Waals surface area (Å²) in [6.45, 7) is 9.28. The molecule has 12 heavy (non-hydrogen) atoms. The molecule has 1 aliphatic rings. The minimum Gasteiger partial charge on any atom is -0.0914 e.